The predicted molar refractivity (Wildman–Crippen MR) is 129 cm³/mol. The van der Waals surface area contributed by atoms with E-state index >= 15 is 0 Å². The van der Waals surface area contributed by atoms with Crippen LogP contribution in [0, 0.1) is 13.8 Å². The van der Waals surface area contributed by atoms with Crippen LogP contribution < -0.4 is 9.47 Å². The summed E-state index contributed by atoms with van der Waals surface area (Å²) in [6.07, 6.45) is 6.40. The number of benzene rings is 2. The number of hydrogen-bond acceptors (Lipinski definition) is 4. The fourth-order valence-electron chi connectivity index (χ4n) is 5.01. The molecule has 0 radical (unpaired) electrons. The van der Waals surface area contributed by atoms with Crippen LogP contribution in [0.1, 0.15) is 83.7 Å². The third kappa shape index (κ3) is 5.23. The van der Waals surface area contributed by atoms with Crippen molar-refractivity contribution in [2.75, 3.05) is 19.7 Å². The van der Waals surface area contributed by atoms with Gasteiger partial charge in [0.1, 0.15) is 17.1 Å². The zero-order chi connectivity index (χ0) is 23.4. The largest absolute Gasteiger partial charge is 0.494 e. The molecule has 2 aromatic carbocycles. The first-order valence-electron chi connectivity index (χ1n) is 12.3. The van der Waals surface area contributed by atoms with E-state index in [1.165, 1.54) is 19.3 Å². The van der Waals surface area contributed by atoms with Crippen molar-refractivity contribution >= 4 is 11.7 Å². The van der Waals surface area contributed by atoms with E-state index in [0.29, 0.717) is 50.3 Å². The number of unbranched alkanes of at least 4 members (excludes halogenated alkanes) is 3. The minimum absolute atomic E-state index is 0.0218. The molecule has 5 heteroatoms. The van der Waals surface area contributed by atoms with E-state index in [4.69, 9.17) is 9.47 Å². The number of hydrogen-bond donors (Lipinski definition) is 0. The molecule has 1 amide bonds. The minimum Gasteiger partial charge on any atom is -0.494 e. The molecule has 0 bridgehead atoms. The highest BCUT2D eigenvalue weighted by Gasteiger charge is 2.44. The van der Waals surface area contributed by atoms with Gasteiger partial charge in [-0.1, -0.05) is 32.3 Å². The second-order valence-electron chi connectivity index (χ2n) is 9.57. The van der Waals surface area contributed by atoms with Crippen molar-refractivity contribution in [2.45, 2.75) is 71.3 Å². The number of aryl methyl sites for hydroxylation is 2. The molecule has 2 aliphatic heterocycles. The van der Waals surface area contributed by atoms with Crippen LogP contribution in [-0.2, 0) is 0 Å². The molecule has 5 nitrogen and oxygen atoms in total. The number of carbonyl (C=O) groups excluding carboxylic acids is 2. The Balaban J connectivity index is 1.34. The van der Waals surface area contributed by atoms with Crippen LogP contribution in [0.5, 0.6) is 11.5 Å². The topological polar surface area (TPSA) is 55.8 Å². The lowest BCUT2D eigenvalue weighted by atomic mass is 9.81. The van der Waals surface area contributed by atoms with Gasteiger partial charge in [-0.05, 0) is 61.7 Å². The summed E-state index contributed by atoms with van der Waals surface area (Å²) >= 11 is 0. The Morgan fingerprint density at radius 2 is 1.79 bits per heavy atom. The molecule has 33 heavy (non-hydrogen) atoms. The Morgan fingerprint density at radius 1 is 1.06 bits per heavy atom. The average molecular weight is 450 g/mol. The van der Waals surface area contributed by atoms with E-state index in [-0.39, 0.29) is 11.7 Å². The predicted octanol–water partition coefficient (Wildman–Crippen LogP) is 5.90. The molecule has 0 atom stereocenters. The van der Waals surface area contributed by atoms with Crippen LogP contribution >= 0.6 is 0 Å². The van der Waals surface area contributed by atoms with Crippen molar-refractivity contribution in [3.8, 4) is 11.5 Å². The van der Waals surface area contributed by atoms with Gasteiger partial charge < -0.3 is 14.4 Å². The van der Waals surface area contributed by atoms with Crippen molar-refractivity contribution in [3.05, 3.63) is 58.7 Å². The minimum atomic E-state index is -0.503. The fourth-order valence-corrected chi connectivity index (χ4v) is 5.01. The van der Waals surface area contributed by atoms with E-state index in [2.05, 4.69) is 6.92 Å². The Hall–Kier alpha value is -2.82. The molecule has 2 aromatic rings. The van der Waals surface area contributed by atoms with Crippen molar-refractivity contribution in [3.63, 3.8) is 0 Å². The van der Waals surface area contributed by atoms with Gasteiger partial charge in [0.2, 0.25) is 0 Å². The summed E-state index contributed by atoms with van der Waals surface area (Å²) in [4.78, 5) is 27.8. The van der Waals surface area contributed by atoms with Gasteiger partial charge in [-0.2, -0.15) is 0 Å². The van der Waals surface area contributed by atoms with Gasteiger partial charge in [-0.15, -0.1) is 0 Å². The first kappa shape index (κ1) is 23.3. The molecule has 1 spiro atoms. The average Bonchev–Trinajstić information content (AvgIpc) is 2.78. The lowest BCUT2D eigenvalue weighted by Gasteiger charge is -2.44. The van der Waals surface area contributed by atoms with E-state index in [1.54, 1.807) is 0 Å². The van der Waals surface area contributed by atoms with E-state index in [9.17, 15) is 9.59 Å². The summed E-state index contributed by atoms with van der Waals surface area (Å²) in [5.41, 5.74) is 2.96. The van der Waals surface area contributed by atoms with E-state index in [0.717, 1.165) is 28.9 Å². The molecule has 0 unspecified atom stereocenters. The molecule has 2 heterocycles. The van der Waals surface area contributed by atoms with Crippen LogP contribution in [0.3, 0.4) is 0 Å². The Kier molecular flexibility index (Phi) is 7.06. The molecule has 4 rings (SSSR count). The van der Waals surface area contributed by atoms with Crippen molar-refractivity contribution < 1.29 is 19.1 Å². The standard InChI is InChI=1S/C28H35NO4/c1-4-5-6-7-16-32-23-10-8-22(9-11-23)27(31)29-14-12-28(13-15-29)19-24(30)26-21(3)17-20(2)18-25(26)33-28/h8-11,17-18H,4-7,12-16,19H2,1-3H3. The zero-order valence-electron chi connectivity index (χ0n) is 20.1. The van der Waals surface area contributed by atoms with Crippen LogP contribution in [-0.4, -0.2) is 41.9 Å². The Bertz CT molecular complexity index is 1000. The lowest BCUT2D eigenvalue weighted by Crippen LogP contribution is -2.52. The highest BCUT2D eigenvalue weighted by Crippen LogP contribution is 2.41. The Labute approximate surface area is 197 Å². The van der Waals surface area contributed by atoms with Gasteiger partial charge in [0.15, 0.2) is 5.78 Å². The molecule has 0 aromatic heterocycles. The Morgan fingerprint density at radius 3 is 2.48 bits per heavy atom. The highest BCUT2D eigenvalue weighted by atomic mass is 16.5. The first-order valence-corrected chi connectivity index (χ1v) is 12.3. The molecule has 1 fully saturated rings. The van der Waals surface area contributed by atoms with Gasteiger partial charge in [0.25, 0.3) is 5.91 Å². The van der Waals surface area contributed by atoms with Crippen molar-refractivity contribution in [1.82, 2.24) is 4.90 Å². The van der Waals surface area contributed by atoms with Gasteiger partial charge in [0.05, 0.1) is 18.6 Å². The van der Waals surface area contributed by atoms with Gasteiger partial charge in [0, 0.05) is 31.5 Å². The van der Waals surface area contributed by atoms with Crippen LogP contribution in [0.2, 0.25) is 0 Å². The van der Waals surface area contributed by atoms with Gasteiger partial charge in [-0.25, -0.2) is 0 Å². The third-order valence-electron chi connectivity index (χ3n) is 6.86. The number of amides is 1. The number of fused-ring (bicyclic) bond motifs is 1. The van der Waals surface area contributed by atoms with Crippen LogP contribution in [0.15, 0.2) is 36.4 Å². The second-order valence-corrected chi connectivity index (χ2v) is 9.57. The molecule has 2 aliphatic rings. The summed E-state index contributed by atoms with van der Waals surface area (Å²) in [6.45, 7) is 8.06. The molecular weight excluding hydrogens is 414 g/mol. The second kappa shape index (κ2) is 9.98. The number of rotatable bonds is 7. The smallest absolute Gasteiger partial charge is 0.253 e. The van der Waals surface area contributed by atoms with E-state index in [1.807, 2.05) is 55.1 Å². The summed E-state index contributed by atoms with van der Waals surface area (Å²) in [7, 11) is 0. The van der Waals surface area contributed by atoms with E-state index < -0.39 is 5.60 Å². The number of ether oxygens (including phenoxy) is 2. The molecule has 176 valence electrons. The number of carbonyl (C=O) groups is 2. The maximum Gasteiger partial charge on any atom is 0.253 e. The summed E-state index contributed by atoms with van der Waals surface area (Å²) in [5, 5.41) is 0. The SMILES string of the molecule is CCCCCCOc1ccc(C(=O)N2CCC3(CC2)CC(=O)c2c(C)cc(C)cc2O3)cc1. The normalized spacial score (nSPS) is 16.9. The van der Waals surface area contributed by atoms with Crippen LogP contribution in [0.25, 0.3) is 0 Å². The highest BCUT2D eigenvalue weighted by molar-refractivity contribution is 6.02. The lowest BCUT2D eigenvalue weighted by molar-refractivity contribution is -0.00580. The molecule has 0 saturated carbocycles. The molecule has 0 aliphatic carbocycles. The van der Waals surface area contributed by atoms with Gasteiger partial charge >= 0.3 is 0 Å². The zero-order valence-corrected chi connectivity index (χ0v) is 20.1. The number of likely N-dealkylation sites (tertiary alicyclic amines) is 1. The number of ketones is 1. The molecule has 0 N–H and O–H groups in total. The quantitative estimate of drug-likeness (QED) is 0.494. The summed E-state index contributed by atoms with van der Waals surface area (Å²) < 4.78 is 12.2. The maximum atomic E-state index is 13.0. The number of piperidine rings is 1. The maximum absolute atomic E-state index is 13.0. The van der Waals surface area contributed by atoms with Gasteiger partial charge in [-0.3, -0.25) is 9.59 Å². The van der Waals surface area contributed by atoms with Crippen molar-refractivity contribution in [2.24, 2.45) is 0 Å². The van der Waals surface area contributed by atoms with Crippen LogP contribution in [0.4, 0.5) is 0 Å². The molecular formula is C28H35NO4. The summed E-state index contributed by atoms with van der Waals surface area (Å²) in [6, 6.07) is 11.4. The fraction of sp³-hybridized carbons (Fsp3) is 0.500. The van der Waals surface area contributed by atoms with Crippen molar-refractivity contribution in [1.29, 1.82) is 0 Å². The first-order chi connectivity index (χ1) is 15.9. The monoisotopic (exact) mass is 449 g/mol. The number of nitrogens with zero attached hydrogens (tertiary/aromatic N) is 1. The molecule has 1 saturated heterocycles. The third-order valence-corrected chi connectivity index (χ3v) is 6.86. The number of Topliss-reactive ketones (excluding diaryl/α,β-unsaturated/α-hetero) is 1. The summed E-state index contributed by atoms with van der Waals surface area (Å²) in [5.74, 6) is 1.68.